The van der Waals surface area contributed by atoms with Crippen molar-refractivity contribution in [2.45, 2.75) is 57.8 Å². The van der Waals surface area contributed by atoms with Crippen LogP contribution in [-0.2, 0) is 9.47 Å². The van der Waals surface area contributed by atoms with E-state index in [0.29, 0.717) is 12.1 Å². The Labute approximate surface area is 93.5 Å². The third-order valence-electron chi connectivity index (χ3n) is 3.19. The van der Waals surface area contributed by atoms with Gasteiger partial charge in [-0.15, -0.1) is 0 Å². The predicted molar refractivity (Wildman–Crippen MR) is 62.1 cm³/mol. The van der Waals surface area contributed by atoms with Crippen LogP contribution in [0.1, 0.15) is 40.0 Å². The van der Waals surface area contributed by atoms with Gasteiger partial charge in [-0.05, 0) is 33.1 Å². The standard InChI is InChI=1S/C12H25NO2/c1-5-11-8-10(6-7-15-11)13-9-12(2,3)14-4/h10-11,13H,5-9H2,1-4H3. The highest BCUT2D eigenvalue weighted by Crippen LogP contribution is 2.17. The molecule has 0 aromatic heterocycles. The van der Waals surface area contributed by atoms with Crippen molar-refractivity contribution in [2.24, 2.45) is 0 Å². The van der Waals surface area contributed by atoms with Crippen LogP contribution in [0, 0.1) is 0 Å². The molecule has 0 aliphatic carbocycles. The molecule has 1 fully saturated rings. The highest BCUT2D eigenvalue weighted by atomic mass is 16.5. The van der Waals surface area contributed by atoms with E-state index in [9.17, 15) is 0 Å². The fourth-order valence-electron chi connectivity index (χ4n) is 1.81. The molecule has 1 N–H and O–H groups in total. The lowest BCUT2D eigenvalue weighted by Gasteiger charge is -2.32. The van der Waals surface area contributed by atoms with E-state index in [1.54, 1.807) is 7.11 Å². The van der Waals surface area contributed by atoms with Gasteiger partial charge in [0.05, 0.1) is 11.7 Å². The molecule has 1 heterocycles. The summed E-state index contributed by atoms with van der Waals surface area (Å²) in [5.41, 5.74) is -0.0694. The van der Waals surface area contributed by atoms with Crippen molar-refractivity contribution in [3.63, 3.8) is 0 Å². The molecular weight excluding hydrogens is 190 g/mol. The van der Waals surface area contributed by atoms with Gasteiger partial charge in [0, 0.05) is 26.3 Å². The number of ether oxygens (including phenoxy) is 2. The molecular formula is C12H25NO2. The summed E-state index contributed by atoms with van der Waals surface area (Å²) in [6.07, 6.45) is 3.82. The molecule has 0 spiro atoms. The molecule has 2 atom stereocenters. The molecule has 3 nitrogen and oxygen atoms in total. The van der Waals surface area contributed by atoms with E-state index in [1.165, 1.54) is 0 Å². The normalized spacial score (nSPS) is 28.0. The van der Waals surface area contributed by atoms with E-state index in [4.69, 9.17) is 9.47 Å². The Morgan fingerprint density at radius 3 is 2.80 bits per heavy atom. The van der Waals surface area contributed by atoms with E-state index < -0.39 is 0 Å². The molecule has 90 valence electrons. The van der Waals surface area contributed by atoms with Gasteiger partial charge in [0.1, 0.15) is 0 Å². The Bertz CT molecular complexity index is 182. The summed E-state index contributed by atoms with van der Waals surface area (Å²) in [6, 6.07) is 0.595. The van der Waals surface area contributed by atoms with Gasteiger partial charge in [-0.3, -0.25) is 0 Å². The topological polar surface area (TPSA) is 30.5 Å². The van der Waals surface area contributed by atoms with Gasteiger partial charge in [-0.1, -0.05) is 6.92 Å². The maximum Gasteiger partial charge on any atom is 0.0746 e. The first-order valence-corrected chi connectivity index (χ1v) is 5.97. The lowest BCUT2D eigenvalue weighted by molar-refractivity contribution is -0.0126. The predicted octanol–water partition coefficient (Wildman–Crippen LogP) is 1.96. The molecule has 0 bridgehead atoms. The minimum Gasteiger partial charge on any atom is -0.378 e. The lowest BCUT2D eigenvalue weighted by Crippen LogP contribution is -2.45. The van der Waals surface area contributed by atoms with Crippen molar-refractivity contribution in [3.8, 4) is 0 Å². The molecule has 0 aromatic carbocycles. The molecule has 0 aromatic rings. The van der Waals surface area contributed by atoms with Crippen molar-refractivity contribution in [1.29, 1.82) is 0 Å². The van der Waals surface area contributed by atoms with Crippen molar-refractivity contribution >= 4 is 0 Å². The van der Waals surface area contributed by atoms with E-state index in [0.717, 1.165) is 32.4 Å². The number of nitrogens with one attached hydrogen (secondary N) is 1. The SMILES string of the molecule is CCC1CC(NCC(C)(C)OC)CCO1. The molecule has 0 saturated carbocycles. The van der Waals surface area contributed by atoms with Crippen molar-refractivity contribution in [3.05, 3.63) is 0 Å². The quantitative estimate of drug-likeness (QED) is 0.760. The van der Waals surface area contributed by atoms with E-state index in [-0.39, 0.29) is 5.60 Å². The van der Waals surface area contributed by atoms with Crippen LogP contribution in [0.3, 0.4) is 0 Å². The van der Waals surface area contributed by atoms with Crippen LogP contribution in [0.4, 0.5) is 0 Å². The Kier molecular flexibility index (Phi) is 5.03. The number of hydrogen-bond donors (Lipinski definition) is 1. The van der Waals surface area contributed by atoms with Crippen LogP contribution in [0.5, 0.6) is 0 Å². The third kappa shape index (κ3) is 4.49. The summed E-state index contributed by atoms with van der Waals surface area (Å²) in [6.45, 7) is 8.20. The Hall–Kier alpha value is -0.120. The summed E-state index contributed by atoms with van der Waals surface area (Å²) in [5.74, 6) is 0. The Morgan fingerprint density at radius 1 is 1.47 bits per heavy atom. The van der Waals surface area contributed by atoms with Gasteiger partial charge < -0.3 is 14.8 Å². The average Bonchev–Trinajstić information content (AvgIpc) is 2.27. The molecule has 2 unspecified atom stereocenters. The number of rotatable bonds is 5. The van der Waals surface area contributed by atoms with Gasteiger partial charge in [0.2, 0.25) is 0 Å². The first-order valence-electron chi connectivity index (χ1n) is 5.97. The van der Waals surface area contributed by atoms with E-state index in [2.05, 4.69) is 26.1 Å². The third-order valence-corrected chi connectivity index (χ3v) is 3.19. The van der Waals surface area contributed by atoms with Crippen molar-refractivity contribution in [1.82, 2.24) is 5.32 Å². The number of methoxy groups -OCH3 is 1. The fraction of sp³-hybridized carbons (Fsp3) is 1.00. The van der Waals surface area contributed by atoms with Gasteiger partial charge in [0.25, 0.3) is 0 Å². The molecule has 1 rings (SSSR count). The maximum atomic E-state index is 5.64. The second-order valence-electron chi connectivity index (χ2n) is 4.97. The lowest BCUT2D eigenvalue weighted by atomic mass is 10.0. The summed E-state index contributed by atoms with van der Waals surface area (Å²) in [5, 5.41) is 3.57. The van der Waals surface area contributed by atoms with Gasteiger partial charge in [-0.2, -0.15) is 0 Å². The first kappa shape index (κ1) is 12.9. The van der Waals surface area contributed by atoms with E-state index >= 15 is 0 Å². The summed E-state index contributed by atoms with van der Waals surface area (Å²) >= 11 is 0. The maximum absolute atomic E-state index is 5.64. The summed E-state index contributed by atoms with van der Waals surface area (Å²) in [7, 11) is 1.76. The fourth-order valence-corrected chi connectivity index (χ4v) is 1.81. The molecule has 1 saturated heterocycles. The molecule has 1 aliphatic rings. The Balaban J connectivity index is 2.26. The monoisotopic (exact) mass is 215 g/mol. The highest BCUT2D eigenvalue weighted by molar-refractivity contribution is 4.80. The molecule has 0 amide bonds. The molecule has 15 heavy (non-hydrogen) atoms. The van der Waals surface area contributed by atoms with Gasteiger partial charge >= 0.3 is 0 Å². The zero-order valence-electron chi connectivity index (χ0n) is 10.5. The molecule has 1 aliphatic heterocycles. The second kappa shape index (κ2) is 5.83. The zero-order chi connectivity index (χ0) is 11.3. The van der Waals surface area contributed by atoms with E-state index in [1.807, 2.05) is 0 Å². The van der Waals surface area contributed by atoms with Gasteiger partial charge in [0.15, 0.2) is 0 Å². The first-order chi connectivity index (χ1) is 7.07. The zero-order valence-corrected chi connectivity index (χ0v) is 10.5. The Morgan fingerprint density at radius 2 is 2.20 bits per heavy atom. The van der Waals surface area contributed by atoms with Gasteiger partial charge in [-0.25, -0.2) is 0 Å². The van der Waals surface area contributed by atoms with Crippen molar-refractivity contribution < 1.29 is 9.47 Å². The highest BCUT2D eigenvalue weighted by Gasteiger charge is 2.23. The number of hydrogen-bond acceptors (Lipinski definition) is 3. The minimum atomic E-state index is -0.0694. The van der Waals surface area contributed by atoms with Crippen LogP contribution in [0.2, 0.25) is 0 Å². The van der Waals surface area contributed by atoms with Crippen LogP contribution in [0.25, 0.3) is 0 Å². The average molecular weight is 215 g/mol. The minimum absolute atomic E-state index is 0.0694. The van der Waals surface area contributed by atoms with Crippen molar-refractivity contribution in [2.75, 3.05) is 20.3 Å². The van der Waals surface area contributed by atoms with Crippen LogP contribution in [0.15, 0.2) is 0 Å². The second-order valence-corrected chi connectivity index (χ2v) is 4.97. The molecule has 3 heteroatoms. The van der Waals surface area contributed by atoms with Crippen LogP contribution < -0.4 is 5.32 Å². The smallest absolute Gasteiger partial charge is 0.0746 e. The van der Waals surface area contributed by atoms with Crippen LogP contribution >= 0.6 is 0 Å². The summed E-state index contributed by atoms with van der Waals surface area (Å²) in [4.78, 5) is 0. The van der Waals surface area contributed by atoms with Crippen LogP contribution in [-0.4, -0.2) is 38.0 Å². The molecule has 0 radical (unpaired) electrons. The largest absolute Gasteiger partial charge is 0.378 e. The summed E-state index contributed by atoms with van der Waals surface area (Å²) < 4.78 is 11.0.